The number of thioether (sulfide) groups is 1. The summed E-state index contributed by atoms with van der Waals surface area (Å²) in [7, 11) is 0. The maximum atomic E-state index is 10.7. The molecule has 10 heteroatoms. The molecule has 2 N–H and O–H groups in total. The first-order chi connectivity index (χ1) is 15.6. The monoisotopic (exact) mass is 485 g/mol. The quantitative estimate of drug-likeness (QED) is 0.253. The van der Waals surface area contributed by atoms with E-state index in [9.17, 15) is 10.2 Å². The Labute approximate surface area is 197 Å². The highest BCUT2D eigenvalue weighted by Crippen LogP contribution is 2.43. The van der Waals surface area contributed by atoms with Crippen molar-refractivity contribution in [3.8, 4) is 22.7 Å². The van der Waals surface area contributed by atoms with E-state index in [4.69, 9.17) is 21.6 Å². The summed E-state index contributed by atoms with van der Waals surface area (Å²) in [5.41, 5.74) is 1.77. The van der Waals surface area contributed by atoms with Crippen molar-refractivity contribution in [2.75, 3.05) is 5.75 Å². The number of para-hydroxylation sites is 1. The Morgan fingerprint density at radius 3 is 2.78 bits per heavy atom. The van der Waals surface area contributed by atoms with Crippen molar-refractivity contribution in [2.45, 2.75) is 43.8 Å². The SMILES string of the molecule is CCCCC#Cc1nc(Cl)c2nc(-c3nc4ccccc4s3)n([C@@H]3SC[C@@H](O)[C@H]3O)c2n1. The van der Waals surface area contributed by atoms with Gasteiger partial charge in [0, 0.05) is 12.2 Å². The summed E-state index contributed by atoms with van der Waals surface area (Å²) in [5, 5.41) is 21.3. The largest absolute Gasteiger partial charge is 0.389 e. The van der Waals surface area contributed by atoms with Crippen molar-refractivity contribution in [3.63, 3.8) is 0 Å². The van der Waals surface area contributed by atoms with E-state index in [1.807, 2.05) is 28.8 Å². The number of thiazole rings is 1. The Balaban J connectivity index is 1.71. The molecule has 0 amide bonds. The van der Waals surface area contributed by atoms with E-state index in [0.29, 0.717) is 33.6 Å². The highest BCUT2D eigenvalue weighted by atomic mass is 35.5. The van der Waals surface area contributed by atoms with Gasteiger partial charge in [0.05, 0.1) is 16.3 Å². The van der Waals surface area contributed by atoms with Crippen molar-refractivity contribution < 1.29 is 10.2 Å². The summed E-state index contributed by atoms with van der Waals surface area (Å²) in [5.74, 6) is 7.34. The molecule has 1 fully saturated rings. The highest BCUT2D eigenvalue weighted by Gasteiger charge is 2.39. The van der Waals surface area contributed by atoms with Crippen LogP contribution in [-0.2, 0) is 0 Å². The number of fused-ring (bicyclic) bond motifs is 2. The molecule has 164 valence electrons. The van der Waals surface area contributed by atoms with Crippen molar-refractivity contribution in [2.24, 2.45) is 0 Å². The van der Waals surface area contributed by atoms with Crippen LogP contribution < -0.4 is 0 Å². The lowest BCUT2D eigenvalue weighted by atomic mass is 10.2. The molecule has 0 saturated carbocycles. The van der Waals surface area contributed by atoms with Crippen LogP contribution in [0.1, 0.15) is 37.4 Å². The number of hydrogen-bond acceptors (Lipinski definition) is 8. The molecule has 3 atom stereocenters. The van der Waals surface area contributed by atoms with Gasteiger partial charge < -0.3 is 10.2 Å². The van der Waals surface area contributed by atoms with Crippen LogP contribution in [0.25, 0.3) is 32.2 Å². The zero-order chi connectivity index (χ0) is 22.2. The lowest BCUT2D eigenvalue weighted by molar-refractivity contribution is 0.0316. The minimum absolute atomic E-state index is 0.203. The lowest BCUT2D eigenvalue weighted by Gasteiger charge is -2.19. The Morgan fingerprint density at radius 1 is 1.19 bits per heavy atom. The molecule has 3 aromatic heterocycles. The van der Waals surface area contributed by atoms with E-state index in [1.165, 1.54) is 23.1 Å². The molecule has 0 unspecified atom stereocenters. The molecule has 4 heterocycles. The van der Waals surface area contributed by atoms with Crippen LogP contribution in [0.4, 0.5) is 0 Å². The van der Waals surface area contributed by atoms with Gasteiger partial charge in [-0.05, 0) is 24.5 Å². The number of aliphatic hydroxyl groups is 2. The number of benzene rings is 1. The van der Waals surface area contributed by atoms with Gasteiger partial charge >= 0.3 is 0 Å². The molecule has 1 saturated heterocycles. The van der Waals surface area contributed by atoms with Crippen molar-refractivity contribution in [3.05, 3.63) is 35.2 Å². The highest BCUT2D eigenvalue weighted by molar-refractivity contribution is 7.99. The molecular weight excluding hydrogens is 466 g/mol. The van der Waals surface area contributed by atoms with Crippen LogP contribution in [0.2, 0.25) is 5.15 Å². The number of unbranched alkanes of at least 4 members (excludes halogenated alkanes) is 2. The van der Waals surface area contributed by atoms with Gasteiger partial charge in [0.1, 0.15) is 17.0 Å². The van der Waals surface area contributed by atoms with Gasteiger partial charge in [-0.15, -0.1) is 23.1 Å². The molecule has 1 aliphatic rings. The molecule has 1 aromatic carbocycles. The fraction of sp³-hybridized carbons (Fsp3) is 0.364. The predicted octanol–water partition coefficient (Wildman–Crippen LogP) is 4.27. The second kappa shape index (κ2) is 8.96. The summed E-state index contributed by atoms with van der Waals surface area (Å²) in [6.07, 6.45) is 1.02. The van der Waals surface area contributed by atoms with Gasteiger partial charge in [-0.25, -0.2) is 19.9 Å². The first-order valence-electron chi connectivity index (χ1n) is 10.3. The maximum Gasteiger partial charge on any atom is 0.208 e. The molecule has 0 radical (unpaired) electrons. The van der Waals surface area contributed by atoms with E-state index < -0.39 is 17.6 Å². The molecule has 7 nitrogen and oxygen atoms in total. The molecule has 0 bridgehead atoms. The summed E-state index contributed by atoms with van der Waals surface area (Å²) >= 11 is 9.44. The lowest BCUT2D eigenvalue weighted by Crippen LogP contribution is -2.28. The second-order valence-corrected chi connectivity index (χ2v) is 10.0. The average Bonchev–Trinajstić information content (AvgIpc) is 3.47. The number of nitrogens with zero attached hydrogens (tertiary/aromatic N) is 5. The molecule has 1 aliphatic heterocycles. The standard InChI is InChI=1S/C22H20ClN5O2S2/c1-2-3-4-5-10-15-25-18(23)16-19(26-15)28(22-17(30)13(29)11-31-22)20(27-16)21-24-12-8-6-7-9-14(12)32-21/h6-9,13,17,22,29-30H,2-4,11H2,1H3/t13-,17-,22-/m1/s1. The van der Waals surface area contributed by atoms with Crippen LogP contribution in [0.5, 0.6) is 0 Å². The third-order valence-corrected chi connectivity index (χ3v) is 7.88. The molecule has 5 rings (SSSR count). The number of aromatic nitrogens is 5. The summed E-state index contributed by atoms with van der Waals surface area (Å²) < 4.78 is 2.85. The predicted molar refractivity (Wildman–Crippen MR) is 129 cm³/mol. The maximum absolute atomic E-state index is 10.7. The van der Waals surface area contributed by atoms with Crippen LogP contribution in [-0.4, -0.2) is 52.7 Å². The topological polar surface area (TPSA) is 97.0 Å². The minimum Gasteiger partial charge on any atom is -0.389 e. The first kappa shape index (κ1) is 21.6. The molecule has 32 heavy (non-hydrogen) atoms. The van der Waals surface area contributed by atoms with Crippen molar-refractivity contribution >= 4 is 56.1 Å². The fourth-order valence-corrected chi connectivity index (χ4v) is 6.05. The minimum atomic E-state index is -0.974. The molecular formula is C22H20ClN5O2S2. The smallest absolute Gasteiger partial charge is 0.208 e. The van der Waals surface area contributed by atoms with Crippen molar-refractivity contribution in [1.29, 1.82) is 0 Å². The normalized spacial score (nSPS) is 20.7. The summed E-state index contributed by atoms with van der Waals surface area (Å²) in [6.45, 7) is 2.11. The fourth-order valence-electron chi connectivity index (χ4n) is 3.57. The van der Waals surface area contributed by atoms with Gasteiger partial charge in [0.15, 0.2) is 21.6 Å². The van der Waals surface area contributed by atoms with Gasteiger partial charge in [-0.1, -0.05) is 43.0 Å². The molecule has 0 spiro atoms. The summed E-state index contributed by atoms with van der Waals surface area (Å²) in [4.78, 5) is 18.4. The zero-order valence-corrected chi connectivity index (χ0v) is 19.6. The van der Waals surface area contributed by atoms with E-state index in [0.717, 1.165) is 29.5 Å². The molecule has 4 aromatic rings. The number of hydrogen-bond donors (Lipinski definition) is 2. The number of rotatable bonds is 4. The Morgan fingerprint density at radius 2 is 2.03 bits per heavy atom. The zero-order valence-electron chi connectivity index (χ0n) is 17.2. The summed E-state index contributed by atoms with van der Waals surface area (Å²) in [6, 6.07) is 7.85. The number of halogens is 1. The van der Waals surface area contributed by atoms with E-state index in [1.54, 1.807) is 0 Å². The van der Waals surface area contributed by atoms with Gasteiger partial charge in [-0.3, -0.25) is 4.57 Å². The Kier molecular flexibility index (Phi) is 6.05. The Bertz CT molecular complexity index is 1330. The van der Waals surface area contributed by atoms with E-state index in [-0.39, 0.29) is 5.15 Å². The number of aliphatic hydroxyl groups excluding tert-OH is 2. The molecule has 0 aliphatic carbocycles. The van der Waals surface area contributed by atoms with Gasteiger partial charge in [0.2, 0.25) is 5.82 Å². The van der Waals surface area contributed by atoms with E-state index in [2.05, 4.69) is 28.7 Å². The van der Waals surface area contributed by atoms with E-state index >= 15 is 0 Å². The van der Waals surface area contributed by atoms with Crippen LogP contribution >= 0.6 is 34.7 Å². The average molecular weight is 486 g/mol. The van der Waals surface area contributed by atoms with Crippen LogP contribution in [0.3, 0.4) is 0 Å². The third kappa shape index (κ3) is 3.87. The second-order valence-electron chi connectivity index (χ2n) is 7.49. The van der Waals surface area contributed by atoms with Gasteiger partial charge in [0.25, 0.3) is 0 Å². The van der Waals surface area contributed by atoms with Crippen LogP contribution in [0, 0.1) is 11.8 Å². The Hall–Kier alpha value is -2.22. The first-order valence-corrected chi connectivity index (χ1v) is 12.6. The van der Waals surface area contributed by atoms with Crippen molar-refractivity contribution in [1.82, 2.24) is 24.5 Å². The number of imidazole rings is 1. The van der Waals surface area contributed by atoms with Gasteiger partial charge in [-0.2, -0.15) is 0 Å². The third-order valence-electron chi connectivity index (χ3n) is 5.22. The van der Waals surface area contributed by atoms with Crippen LogP contribution in [0.15, 0.2) is 24.3 Å².